The van der Waals surface area contributed by atoms with Gasteiger partial charge in [-0.25, -0.2) is 0 Å². The number of carbonyl (C=O) groups excluding carboxylic acids is 1. The van der Waals surface area contributed by atoms with Gasteiger partial charge in [-0.3, -0.25) is 4.79 Å². The summed E-state index contributed by atoms with van der Waals surface area (Å²) in [5.41, 5.74) is 3.82. The van der Waals surface area contributed by atoms with E-state index in [-0.39, 0.29) is 16.8 Å². The van der Waals surface area contributed by atoms with Crippen LogP contribution >= 0.6 is 0 Å². The molecule has 0 unspecified atom stereocenters. The monoisotopic (exact) mass is 262 g/mol. The predicted octanol–water partition coefficient (Wildman–Crippen LogP) is 4.34. The fraction of sp³-hybridized carbons (Fsp3) is 0.588. The van der Waals surface area contributed by atoms with Crippen LogP contribution < -0.4 is 0 Å². The van der Waals surface area contributed by atoms with E-state index in [1.165, 1.54) is 18.1 Å². The van der Waals surface area contributed by atoms with E-state index in [1.54, 1.807) is 0 Å². The van der Waals surface area contributed by atoms with Crippen molar-refractivity contribution in [2.45, 2.75) is 65.9 Å². The Morgan fingerprint density at radius 1 is 1.05 bits per heavy atom. The molecule has 1 rings (SSSR count). The molecule has 0 amide bonds. The van der Waals surface area contributed by atoms with Gasteiger partial charge in [0.25, 0.3) is 0 Å². The van der Waals surface area contributed by atoms with Crippen LogP contribution in [0.2, 0.25) is 0 Å². The van der Waals surface area contributed by atoms with Gasteiger partial charge in [0.1, 0.15) is 6.61 Å². The zero-order chi connectivity index (χ0) is 14.8. The van der Waals surface area contributed by atoms with Gasteiger partial charge in [0.15, 0.2) is 0 Å². The lowest BCUT2D eigenvalue weighted by Gasteiger charge is -2.27. The molecular weight excluding hydrogens is 236 g/mol. The van der Waals surface area contributed by atoms with Crippen LogP contribution in [0.4, 0.5) is 0 Å². The Hall–Kier alpha value is -1.31. The molecule has 0 aliphatic carbocycles. The fourth-order valence-electron chi connectivity index (χ4n) is 2.05. The number of esters is 1. The smallest absolute Gasteiger partial charge is 0.302 e. The summed E-state index contributed by atoms with van der Waals surface area (Å²) < 4.78 is 5.15. The molecule has 2 nitrogen and oxygen atoms in total. The maximum absolute atomic E-state index is 11.0. The van der Waals surface area contributed by atoms with Crippen LogP contribution in [0.5, 0.6) is 0 Å². The molecule has 1 aromatic carbocycles. The molecule has 2 heteroatoms. The highest BCUT2D eigenvalue weighted by atomic mass is 16.5. The molecule has 0 atom stereocenters. The van der Waals surface area contributed by atoms with E-state index in [4.69, 9.17) is 4.74 Å². The summed E-state index contributed by atoms with van der Waals surface area (Å²) in [4.78, 5) is 11.0. The third-order valence-electron chi connectivity index (χ3n) is 3.21. The average molecular weight is 262 g/mol. The van der Waals surface area contributed by atoms with E-state index >= 15 is 0 Å². The largest absolute Gasteiger partial charge is 0.461 e. The van der Waals surface area contributed by atoms with Crippen molar-refractivity contribution < 1.29 is 9.53 Å². The second-order valence-corrected chi connectivity index (χ2v) is 7.15. The third kappa shape index (κ3) is 4.38. The first-order valence-corrected chi connectivity index (χ1v) is 6.79. The molecule has 0 aliphatic rings. The second-order valence-electron chi connectivity index (χ2n) is 7.15. The van der Waals surface area contributed by atoms with Crippen LogP contribution in [0.3, 0.4) is 0 Å². The second kappa shape index (κ2) is 5.36. The van der Waals surface area contributed by atoms with E-state index in [1.807, 2.05) is 0 Å². The van der Waals surface area contributed by atoms with Crippen molar-refractivity contribution in [3.8, 4) is 0 Å². The summed E-state index contributed by atoms with van der Waals surface area (Å²) in [7, 11) is 0. The SMILES string of the molecule is CC(=O)OCc1ccc(C(C)(C)C)cc1C(C)(C)C. The third-order valence-corrected chi connectivity index (χ3v) is 3.21. The quantitative estimate of drug-likeness (QED) is 0.741. The van der Waals surface area contributed by atoms with Gasteiger partial charge in [0, 0.05) is 6.92 Å². The summed E-state index contributed by atoms with van der Waals surface area (Å²) in [6.07, 6.45) is 0. The Morgan fingerprint density at radius 2 is 1.63 bits per heavy atom. The highest BCUT2D eigenvalue weighted by Gasteiger charge is 2.22. The topological polar surface area (TPSA) is 26.3 Å². The highest BCUT2D eigenvalue weighted by molar-refractivity contribution is 5.66. The molecule has 0 aliphatic heterocycles. The normalized spacial score (nSPS) is 12.4. The van der Waals surface area contributed by atoms with Crippen molar-refractivity contribution in [2.75, 3.05) is 0 Å². The van der Waals surface area contributed by atoms with Crippen LogP contribution in [0, 0.1) is 0 Å². The maximum Gasteiger partial charge on any atom is 0.302 e. The minimum absolute atomic E-state index is 0.0384. The molecule has 19 heavy (non-hydrogen) atoms. The molecule has 0 bridgehead atoms. The summed E-state index contributed by atoms with van der Waals surface area (Å²) in [5, 5.41) is 0. The zero-order valence-electron chi connectivity index (χ0n) is 13.3. The minimum Gasteiger partial charge on any atom is -0.461 e. The van der Waals surface area contributed by atoms with Gasteiger partial charge < -0.3 is 4.74 Å². The van der Waals surface area contributed by atoms with Gasteiger partial charge in [0.05, 0.1) is 0 Å². The van der Waals surface area contributed by atoms with Crippen molar-refractivity contribution in [3.63, 3.8) is 0 Å². The predicted molar refractivity (Wildman–Crippen MR) is 79.3 cm³/mol. The summed E-state index contributed by atoms with van der Waals surface area (Å²) in [6, 6.07) is 6.47. The molecule has 0 aromatic heterocycles. The van der Waals surface area contributed by atoms with Gasteiger partial charge in [0.2, 0.25) is 0 Å². The Bertz CT molecular complexity index is 459. The lowest BCUT2D eigenvalue weighted by Crippen LogP contribution is -2.19. The summed E-state index contributed by atoms with van der Waals surface area (Å²) in [6.45, 7) is 15.0. The van der Waals surface area contributed by atoms with Crippen LogP contribution in [0.15, 0.2) is 18.2 Å². The number of rotatable bonds is 2. The van der Waals surface area contributed by atoms with Gasteiger partial charge in [-0.2, -0.15) is 0 Å². The molecule has 0 N–H and O–H groups in total. The number of benzene rings is 1. The molecule has 0 spiro atoms. The first-order chi connectivity index (χ1) is 8.51. The van der Waals surface area contributed by atoms with Gasteiger partial charge >= 0.3 is 5.97 Å². The molecule has 106 valence electrons. The van der Waals surface area contributed by atoms with Crippen molar-refractivity contribution in [3.05, 3.63) is 34.9 Å². The molecule has 1 aromatic rings. The molecule has 0 saturated carbocycles. The minimum atomic E-state index is -0.236. The van der Waals surface area contributed by atoms with Crippen LogP contribution in [0.1, 0.15) is 65.2 Å². The van der Waals surface area contributed by atoms with Crippen molar-refractivity contribution in [1.82, 2.24) is 0 Å². The number of carbonyl (C=O) groups is 1. The van der Waals surface area contributed by atoms with E-state index in [9.17, 15) is 4.79 Å². The number of hydrogen-bond donors (Lipinski definition) is 0. The standard InChI is InChI=1S/C17H26O2/c1-12(18)19-11-13-8-9-14(16(2,3)4)10-15(13)17(5,6)7/h8-10H,11H2,1-7H3. The Labute approximate surface area is 117 Å². The lowest BCUT2D eigenvalue weighted by molar-refractivity contribution is -0.142. The van der Waals surface area contributed by atoms with Crippen molar-refractivity contribution in [2.24, 2.45) is 0 Å². The maximum atomic E-state index is 11.0. The van der Waals surface area contributed by atoms with Crippen molar-refractivity contribution in [1.29, 1.82) is 0 Å². The molecule has 0 heterocycles. The lowest BCUT2D eigenvalue weighted by atomic mass is 9.78. The van der Waals surface area contributed by atoms with Gasteiger partial charge in [-0.15, -0.1) is 0 Å². The van der Waals surface area contributed by atoms with E-state index in [2.05, 4.69) is 59.7 Å². The molecule has 0 radical (unpaired) electrons. The summed E-state index contributed by atoms with van der Waals surface area (Å²) in [5.74, 6) is -0.236. The van der Waals surface area contributed by atoms with Crippen LogP contribution in [0.25, 0.3) is 0 Å². The van der Waals surface area contributed by atoms with Crippen molar-refractivity contribution >= 4 is 5.97 Å². The van der Waals surface area contributed by atoms with E-state index in [0.717, 1.165) is 5.56 Å². The van der Waals surface area contributed by atoms with Crippen LogP contribution in [-0.2, 0) is 27.0 Å². The highest BCUT2D eigenvalue weighted by Crippen LogP contribution is 2.31. The van der Waals surface area contributed by atoms with Gasteiger partial charge in [-0.05, 0) is 27.5 Å². The average Bonchev–Trinajstić information content (AvgIpc) is 2.23. The Kier molecular flexibility index (Phi) is 4.44. The van der Waals surface area contributed by atoms with E-state index < -0.39 is 0 Å². The molecular formula is C17H26O2. The first kappa shape index (κ1) is 15.7. The Morgan fingerprint density at radius 3 is 2.05 bits per heavy atom. The Balaban J connectivity index is 3.22. The fourth-order valence-corrected chi connectivity index (χ4v) is 2.05. The first-order valence-electron chi connectivity index (χ1n) is 6.79. The van der Waals surface area contributed by atoms with Gasteiger partial charge in [-0.1, -0.05) is 59.7 Å². The molecule has 0 saturated heterocycles. The van der Waals surface area contributed by atoms with E-state index in [0.29, 0.717) is 6.61 Å². The summed E-state index contributed by atoms with van der Waals surface area (Å²) >= 11 is 0. The zero-order valence-corrected chi connectivity index (χ0v) is 13.3. The number of hydrogen-bond acceptors (Lipinski definition) is 2. The molecule has 0 fully saturated rings. The van der Waals surface area contributed by atoms with Crippen LogP contribution in [-0.4, -0.2) is 5.97 Å². The number of ether oxygens (including phenoxy) is 1.